The number of amides is 1. The highest BCUT2D eigenvalue weighted by Gasteiger charge is 2.21. The van der Waals surface area contributed by atoms with Gasteiger partial charge in [0, 0.05) is 62.5 Å². The van der Waals surface area contributed by atoms with Gasteiger partial charge in [0.25, 0.3) is 5.91 Å². The summed E-state index contributed by atoms with van der Waals surface area (Å²) in [7, 11) is 0. The van der Waals surface area contributed by atoms with E-state index in [-0.39, 0.29) is 11.7 Å². The quantitative estimate of drug-likeness (QED) is 0.184. The largest absolute Gasteiger partial charge is 0.366 e. The van der Waals surface area contributed by atoms with E-state index in [1.807, 2.05) is 53.4 Å². The Bertz CT molecular complexity index is 1380. The minimum atomic E-state index is -0.205. The SMILES string of the molecule is O=C(NCc1ccncc1)c1ccc(CSc2nc(Cl)cc(N3CCN(c4ccccc4F)CC3)n2)cc1. The summed E-state index contributed by atoms with van der Waals surface area (Å²) in [5.74, 6) is 1.07. The normalized spacial score (nSPS) is 13.4. The van der Waals surface area contributed by atoms with Crippen LogP contribution in [0.5, 0.6) is 0 Å². The second-order valence-electron chi connectivity index (χ2n) is 8.78. The Labute approximate surface area is 230 Å². The summed E-state index contributed by atoms with van der Waals surface area (Å²) in [6, 6.07) is 19.9. The number of piperazine rings is 1. The highest BCUT2D eigenvalue weighted by molar-refractivity contribution is 7.98. The minimum absolute atomic E-state index is 0.126. The highest BCUT2D eigenvalue weighted by atomic mass is 35.5. The fourth-order valence-electron chi connectivity index (χ4n) is 4.18. The molecule has 1 fully saturated rings. The number of aromatic nitrogens is 3. The van der Waals surface area contributed by atoms with Crippen molar-refractivity contribution in [3.8, 4) is 0 Å². The zero-order chi connectivity index (χ0) is 26.3. The van der Waals surface area contributed by atoms with E-state index in [2.05, 4.69) is 20.2 Å². The predicted octanol–water partition coefficient (Wildman–Crippen LogP) is 5.21. The molecule has 5 rings (SSSR count). The molecule has 10 heteroatoms. The van der Waals surface area contributed by atoms with E-state index in [1.54, 1.807) is 24.5 Å². The van der Waals surface area contributed by atoms with Gasteiger partial charge in [-0.2, -0.15) is 0 Å². The number of para-hydroxylation sites is 1. The van der Waals surface area contributed by atoms with Gasteiger partial charge >= 0.3 is 0 Å². The molecule has 4 aromatic rings. The van der Waals surface area contributed by atoms with Gasteiger partial charge in [0.05, 0.1) is 5.69 Å². The Kier molecular flexibility index (Phi) is 8.35. The summed E-state index contributed by atoms with van der Waals surface area (Å²) in [4.78, 5) is 29.7. The second kappa shape index (κ2) is 12.2. The molecule has 38 heavy (non-hydrogen) atoms. The zero-order valence-corrected chi connectivity index (χ0v) is 22.1. The van der Waals surface area contributed by atoms with Gasteiger partial charge < -0.3 is 15.1 Å². The first-order chi connectivity index (χ1) is 18.5. The second-order valence-corrected chi connectivity index (χ2v) is 10.1. The summed E-state index contributed by atoms with van der Waals surface area (Å²) in [5.41, 5.74) is 3.27. The smallest absolute Gasteiger partial charge is 0.251 e. The van der Waals surface area contributed by atoms with Crippen molar-refractivity contribution in [3.63, 3.8) is 0 Å². The number of nitrogens with one attached hydrogen (secondary N) is 1. The van der Waals surface area contributed by atoms with E-state index < -0.39 is 0 Å². The van der Waals surface area contributed by atoms with E-state index in [4.69, 9.17) is 16.6 Å². The summed E-state index contributed by atoms with van der Waals surface area (Å²) in [6.07, 6.45) is 3.41. The maximum absolute atomic E-state index is 14.2. The van der Waals surface area contributed by atoms with E-state index in [9.17, 15) is 9.18 Å². The van der Waals surface area contributed by atoms with Crippen molar-refractivity contribution in [2.45, 2.75) is 17.5 Å². The molecule has 0 spiro atoms. The van der Waals surface area contributed by atoms with Crippen molar-refractivity contribution >= 4 is 40.8 Å². The van der Waals surface area contributed by atoms with Gasteiger partial charge in [0.15, 0.2) is 5.16 Å². The third-order valence-electron chi connectivity index (χ3n) is 6.24. The zero-order valence-electron chi connectivity index (χ0n) is 20.6. The monoisotopic (exact) mass is 548 g/mol. The van der Waals surface area contributed by atoms with Crippen LogP contribution in [0.25, 0.3) is 0 Å². The first-order valence-electron chi connectivity index (χ1n) is 12.2. The molecule has 1 amide bonds. The number of hydrogen-bond acceptors (Lipinski definition) is 7. The number of carbonyl (C=O) groups is 1. The molecule has 7 nitrogen and oxygen atoms in total. The summed E-state index contributed by atoms with van der Waals surface area (Å²) >= 11 is 7.81. The van der Waals surface area contributed by atoms with Gasteiger partial charge in [-0.3, -0.25) is 9.78 Å². The molecule has 1 aliphatic heterocycles. The Morgan fingerprint density at radius 1 is 0.921 bits per heavy atom. The molecule has 0 saturated carbocycles. The molecule has 0 unspecified atom stereocenters. The van der Waals surface area contributed by atoms with Gasteiger partial charge in [-0.25, -0.2) is 14.4 Å². The molecule has 0 bridgehead atoms. The third-order valence-corrected chi connectivity index (χ3v) is 7.36. The van der Waals surface area contributed by atoms with E-state index in [0.29, 0.717) is 60.0 Å². The summed E-state index contributed by atoms with van der Waals surface area (Å²) in [5, 5.41) is 3.89. The number of benzene rings is 2. The lowest BCUT2D eigenvalue weighted by Crippen LogP contribution is -2.47. The van der Waals surface area contributed by atoms with Gasteiger partial charge in [-0.05, 0) is 47.5 Å². The fraction of sp³-hybridized carbons (Fsp3) is 0.214. The molecular formula is C28H26ClFN6OS. The third kappa shape index (κ3) is 6.59. The van der Waals surface area contributed by atoms with Crippen LogP contribution in [-0.4, -0.2) is 47.0 Å². The van der Waals surface area contributed by atoms with Crippen LogP contribution in [0.1, 0.15) is 21.5 Å². The number of nitrogens with zero attached hydrogens (tertiary/aromatic N) is 5. The predicted molar refractivity (Wildman–Crippen MR) is 149 cm³/mol. The molecule has 1 N–H and O–H groups in total. The van der Waals surface area contributed by atoms with Gasteiger partial charge in [-0.15, -0.1) is 0 Å². The topological polar surface area (TPSA) is 74.2 Å². The number of rotatable bonds is 8. The molecule has 2 aromatic carbocycles. The standard InChI is InChI=1S/C28H26ClFN6OS/c29-25-17-26(36-15-13-35(14-16-36)24-4-2-1-3-23(24)30)34-28(33-25)38-19-21-5-7-22(8-6-21)27(37)32-18-20-9-11-31-12-10-20/h1-12,17H,13-16,18-19H2,(H,32,37). The first kappa shape index (κ1) is 25.9. The van der Waals surface area contributed by atoms with Gasteiger partial charge in [-0.1, -0.05) is 47.6 Å². The Morgan fingerprint density at radius 3 is 2.37 bits per heavy atom. The lowest BCUT2D eigenvalue weighted by molar-refractivity contribution is 0.0951. The molecule has 0 atom stereocenters. The van der Waals surface area contributed by atoms with Crippen molar-refractivity contribution in [3.05, 3.63) is 107 Å². The molecule has 0 radical (unpaired) electrons. The van der Waals surface area contributed by atoms with Crippen LogP contribution in [-0.2, 0) is 12.3 Å². The van der Waals surface area contributed by atoms with Crippen LogP contribution in [0.15, 0.2) is 84.3 Å². The minimum Gasteiger partial charge on any atom is -0.366 e. The van der Waals surface area contributed by atoms with Crippen molar-refractivity contribution in [2.24, 2.45) is 0 Å². The number of halogens is 2. The molecule has 194 valence electrons. The lowest BCUT2D eigenvalue weighted by Gasteiger charge is -2.36. The fourth-order valence-corrected chi connectivity index (χ4v) is 5.22. The number of hydrogen-bond donors (Lipinski definition) is 1. The number of anilines is 2. The van der Waals surface area contributed by atoms with Crippen molar-refractivity contribution < 1.29 is 9.18 Å². The van der Waals surface area contributed by atoms with Crippen molar-refractivity contribution in [1.82, 2.24) is 20.3 Å². The van der Waals surface area contributed by atoms with Gasteiger partial charge in [0.2, 0.25) is 0 Å². The summed E-state index contributed by atoms with van der Waals surface area (Å²) < 4.78 is 14.2. The molecule has 1 aliphatic rings. The van der Waals surface area contributed by atoms with Crippen LogP contribution in [0.4, 0.5) is 15.9 Å². The van der Waals surface area contributed by atoms with Crippen LogP contribution >= 0.6 is 23.4 Å². The number of thioether (sulfide) groups is 1. The molecule has 1 saturated heterocycles. The number of carbonyl (C=O) groups excluding carboxylic acids is 1. The maximum Gasteiger partial charge on any atom is 0.251 e. The lowest BCUT2D eigenvalue weighted by atomic mass is 10.1. The van der Waals surface area contributed by atoms with Crippen molar-refractivity contribution in [2.75, 3.05) is 36.0 Å². The average Bonchev–Trinajstić information content (AvgIpc) is 2.96. The molecular weight excluding hydrogens is 523 g/mol. The first-order valence-corrected chi connectivity index (χ1v) is 13.6. The maximum atomic E-state index is 14.2. The Morgan fingerprint density at radius 2 is 1.63 bits per heavy atom. The van der Waals surface area contributed by atoms with E-state index in [1.165, 1.54) is 17.8 Å². The highest BCUT2D eigenvalue weighted by Crippen LogP contribution is 2.27. The van der Waals surface area contributed by atoms with E-state index in [0.717, 1.165) is 16.9 Å². The van der Waals surface area contributed by atoms with Crippen LogP contribution in [0.3, 0.4) is 0 Å². The van der Waals surface area contributed by atoms with Crippen LogP contribution < -0.4 is 15.1 Å². The van der Waals surface area contributed by atoms with Crippen LogP contribution in [0, 0.1) is 5.82 Å². The van der Waals surface area contributed by atoms with Crippen molar-refractivity contribution in [1.29, 1.82) is 0 Å². The molecule has 0 aliphatic carbocycles. The Balaban J connectivity index is 1.15. The average molecular weight is 549 g/mol. The van der Waals surface area contributed by atoms with E-state index >= 15 is 0 Å². The number of pyridine rings is 1. The molecule has 3 heterocycles. The van der Waals surface area contributed by atoms with Crippen LogP contribution in [0.2, 0.25) is 5.15 Å². The van der Waals surface area contributed by atoms with Gasteiger partial charge in [0.1, 0.15) is 16.8 Å². The summed E-state index contributed by atoms with van der Waals surface area (Å²) in [6.45, 7) is 3.24. The Hall–Kier alpha value is -3.69. The molecule has 2 aromatic heterocycles.